The molecule has 16 nitrogen and oxygen atoms in total. The molecular formula is C34H29N9O7. The molecule has 0 saturated heterocycles. The van der Waals surface area contributed by atoms with Gasteiger partial charge in [0, 0.05) is 31.6 Å². The van der Waals surface area contributed by atoms with Crippen molar-refractivity contribution in [3.8, 4) is 46.3 Å². The van der Waals surface area contributed by atoms with Crippen LogP contribution in [-0.2, 0) is 12.8 Å². The SMILES string of the molecule is CN(C)CCNc1ccc(CC2NC(=O)c3coc(n3)-c3coc(n3)-c3coc(n3)C/C=C/c3coc(n3)-c3coc(n3)-c3coc2n3)cc1. The third kappa shape index (κ3) is 6.59. The molecule has 0 radical (unpaired) electrons. The molecule has 1 atom stereocenters. The number of fused-ring (bicyclic) bond motifs is 16. The van der Waals surface area contributed by atoms with Gasteiger partial charge in [-0.1, -0.05) is 18.2 Å². The zero-order chi connectivity index (χ0) is 34.0. The second kappa shape index (κ2) is 13.2. The van der Waals surface area contributed by atoms with Gasteiger partial charge in [-0.2, -0.15) is 0 Å². The molecule has 6 aromatic heterocycles. The Morgan fingerprint density at radius 1 is 0.720 bits per heavy atom. The fourth-order valence-corrected chi connectivity index (χ4v) is 5.13. The Morgan fingerprint density at radius 3 is 2.06 bits per heavy atom. The van der Waals surface area contributed by atoms with Crippen LogP contribution in [0.3, 0.4) is 0 Å². The van der Waals surface area contributed by atoms with Gasteiger partial charge in [-0.05, 0) is 37.9 Å². The van der Waals surface area contributed by atoms with Crippen LogP contribution >= 0.6 is 0 Å². The molecule has 1 aliphatic heterocycles. The highest BCUT2D eigenvalue weighted by Crippen LogP contribution is 2.28. The topological polar surface area (TPSA) is 201 Å². The summed E-state index contributed by atoms with van der Waals surface area (Å²) in [5.74, 6) is 0.876. The first kappa shape index (κ1) is 30.8. The minimum atomic E-state index is -0.704. The predicted molar refractivity (Wildman–Crippen MR) is 175 cm³/mol. The average molecular weight is 676 g/mol. The smallest absolute Gasteiger partial charge is 0.273 e. The monoisotopic (exact) mass is 675 g/mol. The Labute approximate surface area is 283 Å². The molecule has 0 spiro atoms. The number of carbonyl (C=O) groups excluding carboxylic acids is 1. The van der Waals surface area contributed by atoms with Crippen LogP contribution in [0.15, 0.2) is 94.4 Å². The van der Waals surface area contributed by atoms with Crippen LogP contribution < -0.4 is 10.6 Å². The standard InChI is InChI=1S/C34H29N9O7/c1-43(2)11-10-35-20-8-6-19(7-9-20)12-22-30-40-27(17-48-30)34-41-25(16-50-34)31-36-21(13-46-31)4-3-5-28-37-24(15-45-28)32-42-26(18-49-32)33-39-23(14-47-33)29(44)38-22/h3-4,6-9,13-18,22,35H,5,10-12H2,1-2H3,(H,38,44)/b4-3+. The predicted octanol–water partition coefficient (Wildman–Crippen LogP) is 5.54. The number of carbonyl (C=O) groups is 1. The van der Waals surface area contributed by atoms with Crippen molar-refractivity contribution in [3.05, 3.63) is 96.7 Å². The van der Waals surface area contributed by atoms with Gasteiger partial charge in [0.05, 0.1) is 0 Å². The number of rotatable bonds is 6. The fourth-order valence-electron chi connectivity index (χ4n) is 5.13. The van der Waals surface area contributed by atoms with Crippen LogP contribution in [0.2, 0.25) is 0 Å². The number of oxazole rings is 6. The van der Waals surface area contributed by atoms with Gasteiger partial charge in [-0.25, -0.2) is 29.9 Å². The Hall–Kier alpha value is -6.55. The van der Waals surface area contributed by atoms with Crippen molar-refractivity contribution in [2.45, 2.75) is 18.9 Å². The average Bonchev–Trinajstić information content (AvgIpc) is 3.96. The molecule has 8 rings (SSSR count). The summed E-state index contributed by atoms with van der Waals surface area (Å²) in [6.45, 7) is 1.70. The van der Waals surface area contributed by atoms with Crippen molar-refractivity contribution in [3.63, 3.8) is 0 Å². The van der Waals surface area contributed by atoms with Gasteiger partial charge in [0.2, 0.25) is 29.5 Å². The van der Waals surface area contributed by atoms with Gasteiger partial charge >= 0.3 is 0 Å². The lowest BCUT2D eigenvalue weighted by Crippen LogP contribution is -2.30. The first-order chi connectivity index (χ1) is 24.4. The second-order valence-corrected chi connectivity index (χ2v) is 11.7. The normalized spacial score (nSPS) is 15.1. The zero-order valence-electron chi connectivity index (χ0n) is 26.8. The molecule has 1 unspecified atom stereocenters. The van der Waals surface area contributed by atoms with Gasteiger partial charge in [0.1, 0.15) is 49.3 Å². The van der Waals surface area contributed by atoms with Crippen molar-refractivity contribution >= 4 is 17.7 Å². The highest BCUT2D eigenvalue weighted by Gasteiger charge is 2.26. The summed E-state index contributed by atoms with van der Waals surface area (Å²) in [7, 11) is 4.05. The summed E-state index contributed by atoms with van der Waals surface area (Å²) < 4.78 is 34.0. The maximum absolute atomic E-state index is 13.6. The van der Waals surface area contributed by atoms with Crippen LogP contribution in [0.4, 0.5) is 5.69 Å². The number of hydrogen-bond acceptors (Lipinski definition) is 15. The van der Waals surface area contributed by atoms with E-state index in [4.69, 9.17) is 26.5 Å². The Morgan fingerprint density at radius 2 is 1.32 bits per heavy atom. The number of likely N-dealkylation sites (N-methyl/N-ethyl adjacent to an activating group) is 1. The highest BCUT2D eigenvalue weighted by atomic mass is 16.4. The van der Waals surface area contributed by atoms with Crippen molar-refractivity contribution in [1.82, 2.24) is 40.1 Å². The fraction of sp³-hybridized carbons (Fsp3) is 0.206. The van der Waals surface area contributed by atoms with Crippen molar-refractivity contribution in [2.24, 2.45) is 0 Å². The van der Waals surface area contributed by atoms with Crippen LogP contribution in [0.1, 0.15) is 39.6 Å². The van der Waals surface area contributed by atoms with E-state index in [1.165, 1.54) is 37.6 Å². The summed E-state index contributed by atoms with van der Waals surface area (Å²) in [6, 6.07) is 7.23. The minimum absolute atomic E-state index is 0.0226. The molecule has 1 aliphatic rings. The lowest BCUT2D eigenvalue weighted by Gasteiger charge is -2.16. The molecular weight excluding hydrogens is 646 g/mol. The molecule has 0 aliphatic carbocycles. The summed E-state index contributed by atoms with van der Waals surface area (Å²) in [4.78, 5) is 42.5. The number of hydrogen-bond donors (Lipinski definition) is 2. The van der Waals surface area contributed by atoms with E-state index in [1.54, 1.807) is 6.08 Å². The van der Waals surface area contributed by atoms with Gasteiger partial charge in [-0.15, -0.1) is 0 Å². The molecule has 7 aromatic rings. The van der Waals surface area contributed by atoms with Crippen molar-refractivity contribution in [1.29, 1.82) is 0 Å². The van der Waals surface area contributed by atoms with Crippen LogP contribution in [0, 0.1) is 0 Å². The molecule has 2 N–H and O–H groups in total. The van der Waals surface area contributed by atoms with E-state index in [0.717, 1.165) is 24.3 Å². The van der Waals surface area contributed by atoms with Gasteiger partial charge in [0.15, 0.2) is 34.4 Å². The Bertz CT molecular complexity index is 2270. The number of amides is 1. The number of nitrogens with one attached hydrogen (secondary N) is 2. The van der Waals surface area contributed by atoms with E-state index < -0.39 is 11.9 Å². The first-order valence-corrected chi connectivity index (χ1v) is 15.6. The van der Waals surface area contributed by atoms with Crippen molar-refractivity contribution < 1.29 is 31.3 Å². The van der Waals surface area contributed by atoms with E-state index in [0.29, 0.717) is 41.5 Å². The van der Waals surface area contributed by atoms with Gasteiger partial charge in [0.25, 0.3) is 5.91 Å². The maximum Gasteiger partial charge on any atom is 0.273 e. The molecule has 16 heteroatoms. The van der Waals surface area contributed by atoms with E-state index in [-0.39, 0.29) is 40.8 Å². The summed E-state index contributed by atoms with van der Waals surface area (Å²) >= 11 is 0. The summed E-state index contributed by atoms with van der Waals surface area (Å²) in [5.41, 5.74) is 3.85. The molecule has 50 heavy (non-hydrogen) atoms. The molecule has 12 bridgehead atoms. The molecule has 1 aromatic carbocycles. The van der Waals surface area contributed by atoms with Gasteiger partial charge in [-0.3, -0.25) is 4.79 Å². The second-order valence-electron chi connectivity index (χ2n) is 11.7. The lowest BCUT2D eigenvalue weighted by atomic mass is 10.0. The van der Waals surface area contributed by atoms with E-state index >= 15 is 0 Å². The number of benzene rings is 1. The molecule has 0 saturated carbocycles. The Kier molecular flexibility index (Phi) is 8.10. The highest BCUT2D eigenvalue weighted by molar-refractivity contribution is 5.92. The number of nitrogens with zero attached hydrogens (tertiary/aromatic N) is 7. The molecule has 7 heterocycles. The molecule has 1 amide bonds. The van der Waals surface area contributed by atoms with Crippen LogP contribution in [0.25, 0.3) is 52.4 Å². The summed E-state index contributed by atoms with van der Waals surface area (Å²) in [5, 5.41) is 6.38. The first-order valence-electron chi connectivity index (χ1n) is 15.6. The number of aromatic nitrogens is 6. The van der Waals surface area contributed by atoms with Crippen LogP contribution in [0.5, 0.6) is 0 Å². The summed E-state index contributed by atoms with van der Waals surface area (Å²) in [6.07, 6.45) is 12.7. The van der Waals surface area contributed by atoms with E-state index in [2.05, 4.69) is 45.4 Å². The third-order valence-corrected chi connectivity index (χ3v) is 7.68. The number of anilines is 1. The quantitative estimate of drug-likeness (QED) is 0.222. The minimum Gasteiger partial charge on any atom is -0.448 e. The van der Waals surface area contributed by atoms with E-state index in [9.17, 15) is 4.79 Å². The largest absolute Gasteiger partial charge is 0.448 e. The number of allylic oxidation sites excluding steroid dienone is 1. The van der Waals surface area contributed by atoms with E-state index in [1.807, 2.05) is 44.4 Å². The van der Waals surface area contributed by atoms with Gasteiger partial charge < -0.3 is 42.0 Å². The zero-order valence-corrected chi connectivity index (χ0v) is 26.8. The third-order valence-electron chi connectivity index (χ3n) is 7.68. The van der Waals surface area contributed by atoms with Crippen molar-refractivity contribution in [2.75, 3.05) is 32.5 Å². The maximum atomic E-state index is 13.6. The Balaban J connectivity index is 1.11. The lowest BCUT2D eigenvalue weighted by molar-refractivity contribution is 0.0925. The molecule has 0 fully saturated rings. The molecule has 252 valence electrons. The van der Waals surface area contributed by atoms with Crippen LogP contribution in [-0.4, -0.2) is 67.9 Å².